The monoisotopic (exact) mass is 401 g/mol. The first kappa shape index (κ1) is 20.2. The molecule has 0 atom stereocenters. The van der Waals surface area contributed by atoms with Crippen LogP contribution in [0.2, 0.25) is 0 Å². The van der Waals surface area contributed by atoms with Gasteiger partial charge in [0.05, 0.1) is 18.2 Å². The summed E-state index contributed by atoms with van der Waals surface area (Å²) in [6.45, 7) is 0.409. The first-order valence-corrected chi connectivity index (χ1v) is 8.67. The highest BCUT2D eigenvalue weighted by atomic mass is 19.4. The molecule has 0 unspecified atom stereocenters. The van der Waals surface area contributed by atoms with E-state index in [1.165, 1.54) is 19.2 Å². The molecule has 3 aromatic rings. The summed E-state index contributed by atoms with van der Waals surface area (Å²) < 4.78 is 43.7. The van der Waals surface area contributed by atoms with E-state index >= 15 is 0 Å². The molecular weight excluding hydrogens is 383 g/mol. The van der Waals surface area contributed by atoms with Crippen molar-refractivity contribution in [1.82, 2.24) is 4.98 Å². The molecule has 0 aliphatic heterocycles. The van der Waals surface area contributed by atoms with Crippen LogP contribution in [0.25, 0.3) is 0 Å². The maximum absolute atomic E-state index is 12.9. The zero-order valence-corrected chi connectivity index (χ0v) is 15.5. The number of hydrogen-bond donors (Lipinski definition) is 2. The highest BCUT2D eigenvalue weighted by Gasteiger charge is 2.30. The lowest BCUT2D eigenvalue weighted by molar-refractivity contribution is -0.137. The van der Waals surface area contributed by atoms with Crippen molar-refractivity contribution in [3.8, 4) is 5.88 Å². The molecule has 0 saturated heterocycles. The van der Waals surface area contributed by atoms with Crippen molar-refractivity contribution in [3.63, 3.8) is 0 Å². The molecule has 150 valence electrons. The molecule has 0 bridgehead atoms. The van der Waals surface area contributed by atoms with E-state index in [0.29, 0.717) is 23.7 Å². The number of benzene rings is 2. The number of halogens is 3. The minimum absolute atomic E-state index is 0.0681. The maximum atomic E-state index is 12.9. The molecule has 5 nitrogen and oxygen atoms in total. The van der Waals surface area contributed by atoms with E-state index in [9.17, 15) is 18.0 Å². The quantitative estimate of drug-likeness (QED) is 0.612. The molecule has 0 aliphatic carbocycles. The molecule has 2 N–H and O–H groups in total. The largest absolute Gasteiger partial charge is 0.481 e. The number of ether oxygens (including phenoxy) is 1. The number of carbonyl (C=O) groups is 1. The Morgan fingerprint density at radius 3 is 2.62 bits per heavy atom. The van der Waals surface area contributed by atoms with Crippen molar-refractivity contribution in [2.45, 2.75) is 12.7 Å². The van der Waals surface area contributed by atoms with Crippen LogP contribution < -0.4 is 15.4 Å². The van der Waals surface area contributed by atoms with E-state index in [-0.39, 0.29) is 5.69 Å². The molecule has 1 aromatic heterocycles. The SMILES string of the molecule is COc1cc(CNc2ccccc2C(=O)Nc2cccc(C(F)(F)F)c2)ccn1. The summed E-state index contributed by atoms with van der Waals surface area (Å²) >= 11 is 0. The van der Waals surface area contributed by atoms with Crippen LogP contribution in [0.15, 0.2) is 66.9 Å². The summed E-state index contributed by atoms with van der Waals surface area (Å²) in [4.78, 5) is 16.7. The van der Waals surface area contributed by atoms with Crippen LogP contribution in [0.5, 0.6) is 5.88 Å². The highest BCUT2D eigenvalue weighted by molar-refractivity contribution is 6.08. The van der Waals surface area contributed by atoms with Crippen LogP contribution >= 0.6 is 0 Å². The number of aromatic nitrogens is 1. The fourth-order valence-corrected chi connectivity index (χ4v) is 2.68. The predicted molar refractivity (Wildman–Crippen MR) is 104 cm³/mol. The summed E-state index contributed by atoms with van der Waals surface area (Å²) in [7, 11) is 1.52. The third-order valence-electron chi connectivity index (χ3n) is 4.11. The topological polar surface area (TPSA) is 63.2 Å². The average Bonchev–Trinajstić information content (AvgIpc) is 2.72. The molecule has 29 heavy (non-hydrogen) atoms. The zero-order valence-electron chi connectivity index (χ0n) is 15.5. The second-order valence-corrected chi connectivity index (χ2v) is 6.14. The van der Waals surface area contributed by atoms with Gasteiger partial charge in [-0.05, 0) is 42.0 Å². The van der Waals surface area contributed by atoms with Crippen molar-refractivity contribution in [2.24, 2.45) is 0 Å². The Morgan fingerprint density at radius 2 is 1.86 bits per heavy atom. The van der Waals surface area contributed by atoms with Gasteiger partial charge in [-0.15, -0.1) is 0 Å². The van der Waals surface area contributed by atoms with Gasteiger partial charge >= 0.3 is 6.18 Å². The Labute approximate surface area is 165 Å². The molecule has 2 aromatic carbocycles. The molecule has 0 fully saturated rings. The van der Waals surface area contributed by atoms with Crippen LogP contribution in [-0.4, -0.2) is 18.0 Å². The average molecular weight is 401 g/mol. The van der Waals surface area contributed by atoms with Gasteiger partial charge in [-0.2, -0.15) is 13.2 Å². The van der Waals surface area contributed by atoms with E-state index in [1.807, 2.05) is 0 Å². The second-order valence-electron chi connectivity index (χ2n) is 6.14. The highest BCUT2D eigenvalue weighted by Crippen LogP contribution is 2.31. The van der Waals surface area contributed by atoms with Crippen LogP contribution in [0.4, 0.5) is 24.5 Å². The number of amides is 1. The zero-order chi connectivity index (χ0) is 20.9. The van der Waals surface area contributed by atoms with Gasteiger partial charge in [0.1, 0.15) is 0 Å². The lowest BCUT2D eigenvalue weighted by Crippen LogP contribution is -2.15. The first-order chi connectivity index (χ1) is 13.9. The Balaban J connectivity index is 1.75. The molecule has 0 spiro atoms. The number of nitrogens with zero attached hydrogens (tertiary/aromatic N) is 1. The van der Waals surface area contributed by atoms with Crippen molar-refractivity contribution in [2.75, 3.05) is 17.7 Å². The Hall–Kier alpha value is -3.55. The third kappa shape index (κ3) is 5.25. The smallest absolute Gasteiger partial charge is 0.416 e. The number of pyridine rings is 1. The number of nitrogens with one attached hydrogen (secondary N) is 2. The van der Waals surface area contributed by atoms with Crippen molar-refractivity contribution < 1.29 is 22.7 Å². The number of methoxy groups -OCH3 is 1. The molecule has 1 amide bonds. The van der Waals surface area contributed by atoms with Crippen LogP contribution in [0.3, 0.4) is 0 Å². The minimum atomic E-state index is -4.48. The third-order valence-corrected chi connectivity index (χ3v) is 4.11. The number of carbonyl (C=O) groups excluding carboxylic acids is 1. The van der Waals surface area contributed by atoms with Crippen molar-refractivity contribution >= 4 is 17.3 Å². The van der Waals surface area contributed by atoms with Gasteiger partial charge in [0.25, 0.3) is 5.91 Å². The van der Waals surface area contributed by atoms with Crippen LogP contribution in [0, 0.1) is 0 Å². The summed E-state index contributed by atoms with van der Waals surface area (Å²) in [5.41, 5.74) is 0.996. The van der Waals surface area contributed by atoms with E-state index in [0.717, 1.165) is 17.7 Å². The fourth-order valence-electron chi connectivity index (χ4n) is 2.68. The lowest BCUT2D eigenvalue weighted by Gasteiger charge is -2.13. The first-order valence-electron chi connectivity index (χ1n) is 8.67. The normalized spacial score (nSPS) is 11.0. The molecule has 8 heteroatoms. The van der Waals surface area contributed by atoms with E-state index < -0.39 is 17.6 Å². The molecule has 3 rings (SSSR count). The van der Waals surface area contributed by atoms with Gasteiger partial charge in [0, 0.05) is 30.2 Å². The number of anilines is 2. The van der Waals surface area contributed by atoms with Gasteiger partial charge in [-0.3, -0.25) is 4.79 Å². The fraction of sp³-hybridized carbons (Fsp3) is 0.143. The minimum Gasteiger partial charge on any atom is -0.481 e. The second kappa shape index (κ2) is 8.64. The van der Waals surface area contributed by atoms with Crippen molar-refractivity contribution in [1.29, 1.82) is 0 Å². The Bertz CT molecular complexity index is 1010. The van der Waals surface area contributed by atoms with Crippen LogP contribution in [0.1, 0.15) is 21.5 Å². The predicted octanol–water partition coefficient (Wildman–Crippen LogP) is 4.97. The number of para-hydroxylation sites is 1. The molecule has 1 heterocycles. The van der Waals surface area contributed by atoms with Crippen LogP contribution in [-0.2, 0) is 12.7 Å². The number of alkyl halides is 3. The summed E-state index contributed by atoms with van der Waals surface area (Å²) in [5, 5.41) is 5.68. The van der Waals surface area contributed by atoms with E-state index in [1.54, 1.807) is 42.6 Å². The standard InChI is InChI=1S/C21H18F3N3O2/c1-29-19-11-14(9-10-25-19)13-26-18-8-3-2-7-17(18)20(28)27-16-6-4-5-15(12-16)21(22,23)24/h2-12,26H,13H2,1H3,(H,27,28). The molecular formula is C21H18F3N3O2. The maximum Gasteiger partial charge on any atom is 0.416 e. The van der Waals surface area contributed by atoms with Gasteiger partial charge in [-0.1, -0.05) is 18.2 Å². The van der Waals surface area contributed by atoms with Gasteiger partial charge in [0.2, 0.25) is 5.88 Å². The molecule has 0 radical (unpaired) electrons. The van der Waals surface area contributed by atoms with Gasteiger partial charge in [0.15, 0.2) is 0 Å². The summed E-state index contributed by atoms with van der Waals surface area (Å²) in [6.07, 6.45) is -2.87. The van der Waals surface area contributed by atoms with E-state index in [4.69, 9.17) is 4.74 Å². The van der Waals surface area contributed by atoms with Gasteiger partial charge < -0.3 is 15.4 Å². The number of hydrogen-bond acceptors (Lipinski definition) is 4. The summed E-state index contributed by atoms with van der Waals surface area (Å²) in [6, 6.07) is 14.8. The van der Waals surface area contributed by atoms with E-state index in [2.05, 4.69) is 15.6 Å². The van der Waals surface area contributed by atoms with Crippen molar-refractivity contribution in [3.05, 3.63) is 83.6 Å². The summed E-state index contributed by atoms with van der Waals surface area (Å²) in [5.74, 6) is -0.0420. The van der Waals surface area contributed by atoms with Gasteiger partial charge in [-0.25, -0.2) is 4.98 Å². The molecule has 0 saturated carbocycles. The Morgan fingerprint density at radius 1 is 1.07 bits per heavy atom. The molecule has 0 aliphatic rings. The Kier molecular flexibility index (Phi) is 6.01. The lowest BCUT2D eigenvalue weighted by atomic mass is 10.1. The number of rotatable bonds is 6.